The molecule has 8 heteroatoms. The third kappa shape index (κ3) is 5.35. The van der Waals surface area contributed by atoms with Crippen molar-refractivity contribution in [3.63, 3.8) is 0 Å². The molecule has 4 N–H and O–H groups in total. The highest BCUT2D eigenvalue weighted by Gasteiger charge is 2.08. The molecule has 3 aromatic rings. The number of benzene rings is 1. The molecular formula is C19H23N7O. The number of carbonyl (C=O) groups excluding carboxylic acids is 1. The van der Waals surface area contributed by atoms with Gasteiger partial charge in [0, 0.05) is 41.8 Å². The van der Waals surface area contributed by atoms with Crippen molar-refractivity contribution >= 4 is 34.3 Å². The quantitative estimate of drug-likeness (QED) is 0.480. The van der Waals surface area contributed by atoms with E-state index in [0.29, 0.717) is 11.5 Å². The van der Waals surface area contributed by atoms with Crippen molar-refractivity contribution in [2.45, 2.75) is 13.3 Å². The van der Waals surface area contributed by atoms with Crippen LogP contribution in [0.1, 0.15) is 12.1 Å². The topological polar surface area (TPSA) is 104 Å². The predicted molar refractivity (Wildman–Crippen MR) is 108 cm³/mol. The number of aryl methyl sites for hydroxylation is 1. The van der Waals surface area contributed by atoms with Gasteiger partial charge >= 0.3 is 6.03 Å². The van der Waals surface area contributed by atoms with E-state index in [1.807, 2.05) is 44.3 Å². The van der Waals surface area contributed by atoms with E-state index >= 15 is 0 Å². The largest absolute Gasteiger partial charge is 0.370 e. The van der Waals surface area contributed by atoms with Crippen molar-refractivity contribution in [2.75, 3.05) is 36.1 Å². The molecule has 2 amide bonds. The second kappa shape index (κ2) is 8.91. The molecule has 0 aliphatic rings. The molecule has 0 aliphatic carbocycles. The van der Waals surface area contributed by atoms with Crippen molar-refractivity contribution in [3.8, 4) is 0 Å². The van der Waals surface area contributed by atoms with Crippen molar-refractivity contribution in [1.82, 2.24) is 20.3 Å². The van der Waals surface area contributed by atoms with Crippen LogP contribution in [0.5, 0.6) is 0 Å². The summed E-state index contributed by atoms with van der Waals surface area (Å²) in [5.41, 5.74) is 1.46. The maximum atomic E-state index is 12.3. The Morgan fingerprint density at radius 1 is 1.04 bits per heavy atom. The van der Waals surface area contributed by atoms with Crippen LogP contribution < -0.4 is 21.3 Å². The van der Waals surface area contributed by atoms with E-state index in [4.69, 9.17) is 0 Å². The van der Waals surface area contributed by atoms with Crippen LogP contribution in [0.15, 0.2) is 42.7 Å². The highest BCUT2D eigenvalue weighted by atomic mass is 16.2. The zero-order chi connectivity index (χ0) is 19.1. The number of rotatable bonds is 7. The van der Waals surface area contributed by atoms with Crippen molar-refractivity contribution < 1.29 is 4.79 Å². The second-order valence-corrected chi connectivity index (χ2v) is 6.12. The molecular weight excluding hydrogens is 342 g/mol. The standard InChI is InChI=1S/C19H23N7O/c1-13-10-17(22-8-3-7-20-2)25-18(23-13)26-19(27)24-16-5-4-15-12-21-9-6-14(15)11-16/h4-6,9-12,20H,3,7-8H2,1-2H3,(H3,22,23,24,25,26,27). The van der Waals surface area contributed by atoms with Crippen LogP contribution >= 0.6 is 0 Å². The molecule has 0 aliphatic heterocycles. The number of hydrogen-bond acceptors (Lipinski definition) is 6. The molecule has 0 radical (unpaired) electrons. The smallest absolute Gasteiger partial charge is 0.326 e. The van der Waals surface area contributed by atoms with Crippen molar-refractivity contribution in [2.24, 2.45) is 0 Å². The third-order valence-corrected chi connectivity index (χ3v) is 3.89. The molecule has 0 saturated heterocycles. The molecule has 0 atom stereocenters. The molecule has 0 bridgehead atoms. The average Bonchev–Trinajstić information content (AvgIpc) is 2.64. The number of urea groups is 1. The normalized spacial score (nSPS) is 10.6. The molecule has 27 heavy (non-hydrogen) atoms. The van der Waals surface area contributed by atoms with Gasteiger partial charge in [-0.1, -0.05) is 6.07 Å². The van der Waals surface area contributed by atoms with Crippen LogP contribution in [0.2, 0.25) is 0 Å². The van der Waals surface area contributed by atoms with Gasteiger partial charge in [-0.3, -0.25) is 10.3 Å². The highest BCUT2D eigenvalue weighted by molar-refractivity contribution is 6.00. The zero-order valence-electron chi connectivity index (χ0n) is 15.4. The van der Waals surface area contributed by atoms with E-state index in [9.17, 15) is 4.79 Å². The van der Waals surface area contributed by atoms with Gasteiger partial charge < -0.3 is 16.0 Å². The fourth-order valence-electron chi connectivity index (χ4n) is 2.62. The fraction of sp³-hybridized carbons (Fsp3) is 0.263. The molecule has 0 fully saturated rings. The number of amides is 2. The third-order valence-electron chi connectivity index (χ3n) is 3.89. The van der Waals surface area contributed by atoms with Gasteiger partial charge in [0.05, 0.1) is 0 Å². The zero-order valence-corrected chi connectivity index (χ0v) is 15.4. The summed E-state index contributed by atoms with van der Waals surface area (Å²) < 4.78 is 0. The lowest BCUT2D eigenvalue weighted by atomic mass is 10.1. The fourth-order valence-corrected chi connectivity index (χ4v) is 2.62. The van der Waals surface area contributed by atoms with Gasteiger partial charge in [0.15, 0.2) is 0 Å². The van der Waals surface area contributed by atoms with Gasteiger partial charge in [0.1, 0.15) is 5.82 Å². The minimum Gasteiger partial charge on any atom is -0.370 e. The summed E-state index contributed by atoms with van der Waals surface area (Å²) >= 11 is 0. The molecule has 0 unspecified atom stereocenters. The molecule has 8 nitrogen and oxygen atoms in total. The van der Waals surface area contributed by atoms with Gasteiger partial charge in [0.2, 0.25) is 5.95 Å². The first-order valence-electron chi connectivity index (χ1n) is 8.80. The first kappa shape index (κ1) is 18.5. The molecule has 0 saturated carbocycles. The number of aromatic nitrogens is 3. The van der Waals surface area contributed by atoms with E-state index in [1.54, 1.807) is 12.4 Å². The Kier molecular flexibility index (Phi) is 6.11. The lowest BCUT2D eigenvalue weighted by molar-refractivity contribution is 0.262. The maximum Gasteiger partial charge on any atom is 0.326 e. The molecule has 1 aromatic carbocycles. The number of nitrogens with one attached hydrogen (secondary N) is 4. The Bertz CT molecular complexity index is 929. The molecule has 0 spiro atoms. The van der Waals surface area contributed by atoms with Crippen LogP contribution in [0.4, 0.5) is 22.2 Å². The first-order chi connectivity index (χ1) is 13.1. The Morgan fingerprint density at radius 2 is 1.93 bits per heavy atom. The lowest BCUT2D eigenvalue weighted by Gasteiger charge is -2.10. The van der Waals surface area contributed by atoms with Crippen LogP contribution in [0.25, 0.3) is 10.8 Å². The molecule has 140 valence electrons. The Labute approximate surface area is 157 Å². The number of hydrogen-bond donors (Lipinski definition) is 4. The molecule has 2 aromatic heterocycles. The van der Waals surface area contributed by atoms with E-state index in [0.717, 1.165) is 36.0 Å². The van der Waals surface area contributed by atoms with E-state index in [1.165, 1.54) is 0 Å². The summed E-state index contributed by atoms with van der Waals surface area (Å²) in [5.74, 6) is 0.945. The monoisotopic (exact) mass is 365 g/mol. The predicted octanol–water partition coefficient (Wildman–Crippen LogP) is 3.00. The summed E-state index contributed by atoms with van der Waals surface area (Å²) in [5, 5.41) is 13.8. The van der Waals surface area contributed by atoms with E-state index in [-0.39, 0.29) is 5.95 Å². The number of anilines is 3. The first-order valence-corrected chi connectivity index (χ1v) is 8.80. The van der Waals surface area contributed by atoms with Crippen LogP contribution in [-0.2, 0) is 0 Å². The number of pyridine rings is 1. The van der Waals surface area contributed by atoms with Crippen molar-refractivity contribution in [3.05, 3.63) is 48.4 Å². The minimum atomic E-state index is -0.393. The second-order valence-electron chi connectivity index (χ2n) is 6.12. The van der Waals surface area contributed by atoms with Gasteiger partial charge in [-0.15, -0.1) is 0 Å². The van der Waals surface area contributed by atoms with Gasteiger partial charge in [0.25, 0.3) is 0 Å². The summed E-state index contributed by atoms with van der Waals surface area (Å²) in [6.45, 7) is 3.57. The summed E-state index contributed by atoms with van der Waals surface area (Å²) in [6, 6.07) is 8.98. The highest BCUT2D eigenvalue weighted by Crippen LogP contribution is 2.18. The maximum absolute atomic E-state index is 12.3. The molecule has 2 heterocycles. The Hall–Kier alpha value is -3.26. The number of fused-ring (bicyclic) bond motifs is 1. The van der Waals surface area contributed by atoms with Gasteiger partial charge in [-0.25, -0.2) is 9.78 Å². The van der Waals surface area contributed by atoms with Crippen LogP contribution in [0.3, 0.4) is 0 Å². The van der Waals surface area contributed by atoms with Gasteiger partial charge in [-0.2, -0.15) is 4.98 Å². The van der Waals surface area contributed by atoms with Crippen LogP contribution in [0, 0.1) is 6.92 Å². The minimum absolute atomic E-state index is 0.258. The van der Waals surface area contributed by atoms with Crippen molar-refractivity contribution in [1.29, 1.82) is 0 Å². The summed E-state index contributed by atoms with van der Waals surface area (Å²) in [6.07, 6.45) is 4.48. The molecule has 3 rings (SSSR count). The lowest BCUT2D eigenvalue weighted by Crippen LogP contribution is -2.21. The Balaban J connectivity index is 1.63. The van der Waals surface area contributed by atoms with E-state index in [2.05, 4.69) is 36.2 Å². The Morgan fingerprint density at radius 3 is 2.78 bits per heavy atom. The summed E-state index contributed by atoms with van der Waals surface area (Å²) in [7, 11) is 1.92. The number of nitrogens with zero attached hydrogens (tertiary/aromatic N) is 3. The summed E-state index contributed by atoms with van der Waals surface area (Å²) in [4.78, 5) is 25.0. The van der Waals surface area contributed by atoms with E-state index < -0.39 is 6.03 Å². The SMILES string of the molecule is CNCCCNc1cc(C)nc(NC(=O)Nc2ccc3cnccc3c2)n1. The van der Waals surface area contributed by atoms with Crippen LogP contribution in [-0.4, -0.2) is 41.1 Å². The average molecular weight is 365 g/mol. The van der Waals surface area contributed by atoms with Gasteiger partial charge in [-0.05, 0) is 50.5 Å². The number of carbonyl (C=O) groups is 1.